The molecule has 2 aromatic rings. The molecule has 1 heterocycles. The summed E-state index contributed by atoms with van der Waals surface area (Å²) in [7, 11) is 0. The van der Waals surface area contributed by atoms with Crippen molar-refractivity contribution < 1.29 is 4.39 Å². The highest BCUT2D eigenvalue weighted by Crippen LogP contribution is 2.26. The Morgan fingerprint density at radius 1 is 1.11 bits per heavy atom. The summed E-state index contributed by atoms with van der Waals surface area (Å²) in [5.74, 6) is -0.366. The zero-order valence-electron chi connectivity index (χ0n) is 10.4. The van der Waals surface area contributed by atoms with E-state index in [0.717, 1.165) is 29.7 Å². The summed E-state index contributed by atoms with van der Waals surface area (Å²) in [5, 5.41) is 0.166. The van der Waals surface area contributed by atoms with Gasteiger partial charge in [-0.15, -0.1) is 0 Å². The van der Waals surface area contributed by atoms with Crippen LogP contribution in [0.4, 0.5) is 10.1 Å². The maximum atomic E-state index is 13.4. The van der Waals surface area contributed by atoms with Gasteiger partial charge >= 0.3 is 0 Å². The first kappa shape index (κ1) is 12.4. The molecule has 0 fully saturated rings. The van der Waals surface area contributed by atoms with E-state index in [0.29, 0.717) is 6.42 Å². The number of hydrogen-bond acceptors (Lipinski definition) is 1. The second kappa shape index (κ2) is 5.14. The van der Waals surface area contributed by atoms with Crippen molar-refractivity contribution in [2.24, 2.45) is 4.99 Å². The van der Waals surface area contributed by atoms with Crippen LogP contribution in [0.2, 0.25) is 5.02 Å². The lowest BCUT2D eigenvalue weighted by atomic mass is 9.99. The first-order chi connectivity index (χ1) is 9.22. The minimum Gasteiger partial charge on any atom is -0.261 e. The molecule has 0 unspecified atom stereocenters. The number of benzene rings is 2. The molecule has 1 aliphatic heterocycles. The van der Waals surface area contributed by atoms with E-state index in [1.165, 1.54) is 11.6 Å². The van der Waals surface area contributed by atoms with Gasteiger partial charge in [-0.1, -0.05) is 29.8 Å². The number of aryl methyl sites for hydroxylation is 1. The minimum atomic E-state index is -0.366. The Bertz CT molecular complexity index is 649. The Morgan fingerprint density at radius 3 is 2.74 bits per heavy atom. The first-order valence-corrected chi connectivity index (χ1v) is 6.68. The number of nitrogens with zero attached hydrogens (tertiary/aromatic N) is 1. The smallest absolute Gasteiger partial charge is 0.142 e. The van der Waals surface area contributed by atoms with Crippen LogP contribution in [0.5, 0.6) is 0 Å². The highest BCUT2D eigenvalue weighted by molar-refractivity contribution is 6.30. The van der Waals surface area contributed by atoms with Crippen molar-refractivity contribution in [2.45, 2.75) is 19.3 Å². The highest BCUT2D eigenvalue weighted by atomic mass is 35.5. The van der Waals surface area contributed by atoms with E-state index in [1.807, 2.05) is 12.3 Å². The topological polar surface area (TPSA) is 12.4 Å². The first-order valence-electron chi connectivity index (χ1n) is 6.30. The zero-order valence-corrected chi connectivity index (χ0v) is 11.1. The van der Waals surface area contributed by atoms with Gasteiger partial charge in [0.15, 0.2) is 0 Å². The molecule has 0 amide bonds. The molecule has 0 radical (unpaired) electrons. The number of fused-ring (bicyclic) bond motifs is 1. The summed E-state index contributed by atoms with van der Waals surface area (Å²) in [6.45, 7) is 0. The van der Waals surface area contributed by atoms with Gasteiger partial charge in [0, 0.05) is 6.21 Å². The van der Waals surface area contributed by atoms with Crippen molar-refractivity contribution in [3.8, 4) is 0 Å². The molecule has 0 saturated carbocycles. The average Bonchev–Trinajstić information content (AvgIpc) is 2.43. The van der Waals surface area contributed by atoms with E-state index >= 15 is 0 Å². The van der Waals surface area contributed by atoms with Crippen molar-refractivity contribution in [2.75, 3.05) is 0 Å². The van der Waals surface area contributed by atoms with Gasteiger partial charge in [0.05, 0.1) is 10.7 Å². The van der Waals surface area contributed by atoms with Crippen LogP contribution >= 0.6 is 11.6 Å². The van der Waals surface area contributed by atoms with Crippen LogP contribution in [0.15, 0.2) is 41.4 Å². The summed E-state index contributed by atoms with van der Waals surface area (Å²) in [5.41, 5.74) is 4.38. The molecule has 0 atom stereocenters. The maximum absolute atomic E-state index is 13.4. The summed E-state index contributed by atoms with van der Waals surface area (Å²) in [6.07, 6.45) is 4.70. The van der Waals surface area contributed by atoms with Gasteiger partial charge in [0.1, 0.15) is 5.82 Å². The van der Waals surface area contributed by atoms with E-state index in [1.54, 1.807) is 6.07 Å². The van der Waals surface area contributed by atoms with Crippen molar-refractivity contribution in [1.82, 2.24) is 0 Å². The van der Waals surface area contributed by atoms with Gasteiger partial charge in [-0.3, -0.25) is 4.99 Å². The largest absolute Gasteiger partial charge is 0.261 e. The van der Waals surface area contributed by atoms with E-state index in [-0.39, 0.29) is 10.8 Å². The lowest BCUT2D eigenvalue weighted by Crippen LogP contribution is -1.96. The zero-order chi connectivity index (χ0) is 13.2. The molecule has 0 N–H and O–H groups in total. The molecule has 0 aliphatic carbocycles. The predicted octanol–water partition coefficient (Wildman–Crippen LogP) is 4.72. The lowest BCUT2D eigenvalue weighted by Gasteiger charge is -2.11. The summed E-state index contributed by atoms with van der Waals surface area (Å²) in [4.78, 5) is 4.41. The van der Waals surface area contributed by atoms with Crippen LogP contribution in [0, 0.1) is 5.82 Å². The Hall–Kier alpha value is -1.67. The van der Waals surface area contributed by atoms with Crippen molar-refractivity contribution >= 4 is 23.5 Å². The van der Waals surface area contributed by atoms with Gasteiger partial charge in [-0.2, -0.15) is 0 Å². The monoisotopic (exact) mass is 273 g/mol. The number of aliphatic imine (C=N–C) groups is 1. The maximum Gasteiger partial charge on any atom is 0.142 e. The molecule has 2 aromatic carbocycles. The molecule has 3 heteroatoms. The molecule has 19 heavy (non-hydrogen) atoms. The van der Waals surface area contributed by atoms with Crippen LogP contribution in [-0.4, -0.2) is 6.21 Å². The van der Waals surface area contributed by atoms with Crippen LogP contribution in [-0.2, 0) is 12.8 Å². The highest BCUT2D eigenvalue weighted by Gasteiger charge is 2.07. The second-order valence-electron chi connectivity index (χ2n) is 4.74. The molecule has 1 nitrogen and oxygen atoms in total. The molecule has 0 aromatic heterocycles. The van der Waals surface area contributed by atoms with Crippen molar-refractivity contribution in [3.05, 3.63) is 63.9 Å². The molecule has 0 bridgehead atoms. The number of halogens is 2. The van der Waals surface area contributed by atoms with Crippen LogP contribution in [0.3, 0.4) is 0 Å². The molecule has 96 valence electrons. The summed E-state index contributed by atoms with van der Waals surface area (Å²) >= 11 is 5.68. The Morgan fingerprint density at radius 2 is 1.89 bits per heavy atom. The molecule has 0 spiro atoms. The fraction of sp³-hybridized carbons (Fsp3) is 0.188. The second-order valence-corrected chi connectivity index (χ2v) is 5.15. The van der Waals surface area contributed by atoms with Crippen LogP contribution < -0.4 is 0 Å². The number of hydrogen-bond donors (Lipinski definition) is 0. The van der Waals surface area contributed by atoms with Crippen LogP contribution in [0.1, 0.15) is 23.1 Å². The van der Waals surface area contributed by atoms with E-state index in [9.17, 15) is 4.39 Å². The third-order valence-electron chi connectivity index (χ3n) is 3.32. The normalized spacial score (nSPS) is 13.4. The quantitative estimate of drug-likeness (QED) is 0.751. The molecule has 1 aliphatic rings. The molecule has 3 rings (SSSR count). The van der Waals surface area contributed by atoms with Gasteiger partial charge in [0.2, 0.25) is 0 Å². The third kappa shape index (κ3) is 2.69. The molecule has 0 saturated heterocycles. The van der Waals surface area contributed by atoms with E-state index < -0.39 is 0 Å². The van der Waals surface area contributed by atoms with Gasteiger partial charge < -0.3 is 0 Å². The minimum absolute atomic E-state index is 0.166. The predicted molar refractivity (Wildman–Crippen MR) is 77.1 cm³/mol. The van der Waals surface area contributed by atoms with Gasteiger partial charge in [-0.25, -0.2) is 4.39 Å². The Kier molecular flexibility index (Phi) is 3.34. The summed E-state index contributed by atoms with van der Waals surface area (Å²) in [6, 6.07) is 11.2. The van der Waals surface area contributed by atoms with Gasteiger partial charge in [0.25, 0.3) is 0 Å². The third-order valence-corrected chi connectivity index (χ3v) is 3.62. The van der Waals surface area contributed by atoms with Crippen molar-refractivity contribution in [1.29, 1.82) is 0 Å². The van der Waals surface area contributed by atoms with Gasteiger partial charge in [-0.05, 0) is 54.2 Å². The fourth-order valence-corrected chi connectivity index (χ4v) is 2.44. The Labute approximate surface area is 116 Å². The van der Waals surface area contributed by atoms with E-state index in [2.05, 4.69) is 23.2 Å². The number of rotatable bonds is 2. The average molecular weight is 274 g/mol. The fourth-order valence-electron chi connectivity index (χ4n) is 2.32. The molecular weight excluding hydrogens is 261 g/mol. The van der Waals surface area contributed by atoms with Crippen LogP contribution in [0.25, 0.3) is 0 Å². The SMILES string of the molecule is Fc1cc(Cc2ccc3c(c2)N=CCC3)ccc1Cl. The molecular formula is C16H13ClFN. The lowest BCUT2D eigenvalue weighted by molar-refractivity contribution is 0.626. The summed E-state index contributed by atoms with van der Waals surface area (Å²) < 4.78 is 13.4. The van der Waals surface area contributed by atoms with Crippen molar-refractivity contribution in [3.63, 3.8) is 0 Å². The standard InChI is InChI=1S/C16H13ClFN/c17-14-6-4-11(9-15(14)18)8-12-3-5-13-2-1-7-19-16(13)10-12/h3-7,9-10H,1-2,8H2. The Balaban J connectivity index is 1.87. The van der Waals surface area contributed by atoms with E-state index in [4.69, 9.17) is 11.6 Å².